The van der Waals surface area contributed by atoms with Gasteiger partial charge in [-0.25, -0.2) is 4.79 Å². The molecule has 16 heteroatoms. The monoisotopic (exact) mass is 644 g/mol. The number of amidine groups is 1. The maximum Gasteiger partial charge on any atom is 0.404 e. The fourth-order valence-corrected chi connectivity index (χ4v) is 5.54. The van der Waals surface area contributed by atoms with Crippen LogP contribution >= 0.6 is 11.3 Å². The second-order valence-electron chi connectivity index (χ2n) is 9.84. The molecule has 13 nitrogen and oxygen atoms in total. The van der Waals surface area contributed by atoms with Crippen molar-refractivity contribution in [3.05, 3.63) is 82.0 Å². The van der Waals surface area contributed by atoms with E-state index >= 15 is 0 Å². The summed E-state index contributed by atoms with van der Waals surface area (Å²) in [6, 6.07) is 14.5. The number of hydrogen-bond donors (Lipinski definition) is 6. The SMILES string of the molecule is N=C(N)c1csc(C(CNC(=O)O)NC(=O)[C@@H]2C[C@@H](OC(F)F)CN2C(=O)CNC(=O)c2ccc(Oc3ccccc3)cc2)c1. The van der Waals surface area contributed by atoms with E-state index in [0.717, 1.165) is 16.2 Å². The van der Waals surface area contributed by atoms with E-state index in [4.69, 9.17) is 21.0 Å². The number of para-hydroxylation sites is 1. The fraction of sp³-hybridized carbons (Fsp3) is 0.276. The van der Waals surface area contributed by atoms with Gasteiger partial charge in [0, 0.05) is 40.9 Å². The van der Waals surface area contributed by atoms with Gasteiger partial charge in [0.15, 0.2) is 0 Å². The number of thiophene rings is 1. The number of ether oxygens (including phenoxy) is 2. The third-order valence-electron chi connectivity index (χ3n) is 6.72. The lowest BCUT2D eigenvalue weighted by Gasteiger charge is -2.26. The standard InChI is InChI=1S/C29H30F2N6O7S/c30-28(31)44-20-11-22(27(40)36-21(12-35-29(41)42)23-10-17(15-45-23)25(32)33)37(14-20)24(38)13-34-26(39)16-6-8-19(9-7-16)43-18-4-2-1-3-5-18/h1-10,15,20-22,28,35H,11-14H2,(H3,32,33)(H,34,39)(H,36,40)(H,41,42)/t20-,21?,22+/m1/s1. The third kappa shape index (κ3) is 9.20. The molecular weight excluding hydrogens is 614 g/mol. The molecule has 4 rings (SSSR count). The lowest BCUT2D eigenvalue weighted by atomic mass is 10.1. The molecule has 1 aliphatic heterocycles. The Balaban J connectivity index is 1.42. The summed E-state index contributed by atoms with van der Waals surface area (Å²) >= 11 is 1.12. The van der Waals surface area contributed by atoms with Gasteiger partial charge >= 0.3 is 12.7 Å². The van der Waals surface area contributed by atoms with E-state index in [1.54, 1.807) is 29.6 Å². The zero-order chi connectivity index (χ0) is 32.5. The minimum absolute atomic E-state index is 0.229. The van der Waals surface area contributed by atoms with Crippen LogP contribution in [0.2, 0.25) is 0 Å². The molecule has 2 heterocycles. The van der Waals surface area contributed by atoms with Gasteiger partial charge in [0.05, 0.1) is 18.7 Å². The number of nitrogen functional groups attached to an aromatic ring is 1. The van der Waals surface area contributed by atoms with E-state index in [1.807, 2.05) is 18.2 Å². The van der Waals surface area contributed by atoms with Crippen LogP contribution in [0, 0.1) is 5.41 Å². The van der Waals surface area contributed by atoms with Gasteiger partial charge in [0.25, 0.3) is 5.91 Å². The molecule has 1 aliphatic rings. The quantitative estimate of drug-likeness (QED) is 0.121. The largest absolute Gasteiger partial charge is 0.465 e. The normalized spacial score (nSPS) is 16.6. The number of alkyl halides is 2. The molecule has 0 radical (unpaired) electrons. The highest BCUT2D eigenvalue weighted by atomic mass is 32.1. The van der Waals surface area contributed by atoms with Crippen LogP contribution < -0.4 is 26.4 Å². The Morgan fingerprint density at radius 1 is 1.04 bits per heavy atom. The van der Waals surface area contributed by atoms with Gasteiger partial charge < -0.3 is 41.2 Å². The maximum atomic E-state index is 13.4. The first kappa shape index (κ1) is 32.8. The number of carboxylic acid groups (broad SMARTS) is 1. The number of hydrogen-bond acceptors (Lipinski definition) is 8. The summed E-state index contributed by atoms with van der Waals surface area (Å²) in [4.78, 5) is 52.0. The number of nitrogens with zero attached hydrogens (tertiary/aromatic N) is 1. The molecule has 2 aromatic carbocycles. The Kier molecular flexibility index (Phi) is 11.0. The summed E-state index contributed by atoms with van der Waals surface area (Å²) in [6.45, 7) is -4.29. The average molecular weight is 645 g/mol. The molecule has 1 unspecified atom stereocenters. The Labute approximate surface area is 259 Å². The molecule has 1 fully saturated rings. The van der Waals surface area contributed by atoms with Crippen LogP contribution in [0.25, 0.3) is 0 Å². The van der Waals surface area contributed by atoms with Gasteiger partial charge in [-0.1, -0.05) is 18.2 Å². The van der Waals surface area contributed by atoms with Crippen LogP contribution in [-0.4, -0.2) is 78.0 Å². The molecule has 0 bridgehead atoms. The third-order valence-corrected chi connectivity index (χ3v) is 7.77. The second-order valence-corrected chi connectivity index (χ2v) is 10.8. The Morgan fingerprint density at radius 3 is 2.36 bits per heavy atom. The van der Waals surface area contributed by atoms with Gasteiger partial charge in [-0.3, -0.25) is 19.8 Å². The van der Waals surface area contributed by atoms with Crippen molar-refractivity contribution in [1.29, 1.82) is 5.41 Å². The first-order chi connectivity index (χ1) is 21.5. The van der Waals surface area contributed by atoms with Crippen molar-refractivity contribution in [3.63, 3.8) is 0 Å². The number of carbonyl (C=O) groups excluding carboxylic acids is 3. The number of nitrogens with one attached hydrogen (secondary N) is 4. The molecule has 3 aromatic rings. The summed E-state index contributed by atoms with van der Waals surface area (Å²) in [5, 5.41) is 25.5. The lowest BCUT2D eigenvalue weighted by Crippen LogP contribution is -2.50. The van der Waals surface area contributed by atoms with E-state index in [0.29, 0.717) is 21.9 Å². The predicted molar refractivity (Wildman–Crippen MR) is 159 cm³/mol. The number of nitrogens with two attached hydrogens (primary N) is 1. The highest BCUT2D eigenvalue weighted by Crippen LogP contribution is 2.26. The zero-order valence-corrected chi connectivity index (χ0v) is 24.4. The van der Waals surface area contributed by atoms with Gasteiger partial charge in [0.1, 0.15) is 23.4 Å². The van der Waals surface area contributed by atoms with Crippen molar-refractivity contribution < 1.29 is 42.5 Å². The van der Waals surface area contributed by atoms with Crippen LogP contribution in [0.1, 0.15) is 33.3 Å². The second kappa shape index (κ2) is 15.1. The summed E-state index contributed by atoms with van der Waals surface area (Å²) in [5.41, 5.74) is 6.11. The van der Waals surface area contributed by atoms with Gasteiger partial charge in [-0.05, 0) is 42.5 Å². The zero-order valence-electron chi connectivity index (χ0n) is 23.6. The molecule has 0 saturated carbocycles. The number of benzene rings is 2. The van der Waals surface area contributed by atoms with Crippen molar-refractivity contribution in [2.45, 2.75) is 31.2 Å². The molecular formula is C29H30F2N6O7S. The Morgan fingerprint density at radius 2 is 1.73 bits per heavy atom. The molecule has 4 amide bonds. The average Bonchev–Trinajstić information content (AvgIpc) is 3.67. The van der Waals surface area contributed by atoms with Gasteiger partial charge in [-0.2, -0.15) is 8.78 Å². The van der Waals surface area contributed by atoms with Crippen LogP contribution in [0.5, 0.6) is 11.5 Å². The lowest BCUT2D eigenvalue weighted by molar-refractivity contribution is -0.160. The first-order valence-corrected chi connectivity index (χ1v) is 14.4. The molecule has 3 atom stereocenters. The van der Waals surface area contributed by atoms with Crippen molar-refractivity contribution in [2.75, 3.05) is 19.6 Å². The van der Waals surface area contributed by atoms with E-state index in [1.165, 1.54) is 18.2 Å². The summed E-state index contributed by atoms with van der Waals surface area (Å²) in [7, 11) is 0. The predicted octanol–water partition coefficient (Wildman–Crippen LogP) is 2.89. The van der Waals surface area contributed by atoms with Crippen molar-refractivity contribution in [2.24, 2.45) is 5.73 Å². The van der Waals surface area contributed by atoms with Crippen LogP contribution in [0.15, 0.2) is 66.0 Å². The van der Waals surface area contributed by atoms with E-state index in [9.17, 15) is 28.0 Å². The fourth-order valence-electron chi connectivity index (χ4n) is 4.58. The number of carbonyl (C=O) groups is 4. The van der Waals surface area contributed by atoms with Gasteiger partial charge in [0.2, 0.25) is 11.8 Å². The van der Waals surface area contributed by atoms with E-state index < -0.39 is 55.2 Å². The molecule has 0 aliphatic carbocycles. The van der Waals surface area contributed by atoms with E-state index in [-0.39, 0.29) is 30.9 Å². The van der Waals surface area contributed by atoms with Crippen LogP contribution in [0.4, 0.5) is 13.6 Å². The van der Waals surface area contributed by atoms with Crippen LogP contribution in [-0.2, 0) is 14.3 Å². The smallest absolute Gasteiger partial charge is 0.404 e. The number of rotatable bonds is 13. The van der Waals surface area contributed by atoms with Crippen molar-refractivity contribution in [3.8, 4) is 11.5 Å². The molecule has 238 valence electrons. The first-order valence-electron chi connectivity index (χ1n) is 13.5. The highest BCUT2D eigenvalue weighted by Gasteiger charge is 2.41. The van der Waals surface area contributed by atoms with Crippen molar-refractivity contribution >= 4 is 41.0 Å². The van der Waals surface area contributed by atoms with Gasteiger partial charge in [-0.15, -0.1) is 11.3 Å². The summed E-state index contributed by atoms with van der Waals surface area (Å²) in [5.74, 6) is -1.19. The number of halogens is 2. The molecule has 1 aromatic heterocycles. The van der Waals surface area contributed by atoms with E-state index in [2.05, 4.69) is 20.7 Å². The number of amides is 4. The maximum absolute atomic E-state index is 13.4. The summed E-state index contributed by atoms with van der Waals surface area (Å²) in [6.07, 6.45) is -2.78. The summed E-state index contributed by atoms with van der Waals surface area (Å²) < 4.78 is 36.3. The molecule has 0 spiro atoms. The van der Waals surface area contributed by atoms with Crippen molar-refractivity contribution in [1.82, 2.24) is 20.9 Å². The minimum atomic E-state index is -3.15. The topological polar surface area (TPSA) is 196 Å². The number of likely N-dealkylation sites (tertiary alicyclic amines) is 1. The molecule has 45 heavy (non-hydrogen) atoms. The minimum Gasteiger partial charge on any atom is -0.465 e. The molecule has 1 saturated heterocycles. The Bertz CT molecular complexity index is 1520. The highest BCUT2D eigenvalue weighted by molar-refractivity contribution is 7.10. The molecule has 7 N–H and O–H groups in total. The Hall–Kier alpha value is -5.09. The van der Waals surface area contributed by atoms with Crippen LogP contribution in [0.3, 0.4) is 0 Å².